The summed E-state index contributed by atoms with van der Waals surface area (Å²) in [4.78, 5) is 15.7. The van der Waals surface area contributed by atoms with E-state index >= 15 is 0 Å². The average molecular weight is 747 g/mol. The van der Waals surface area contributed by atoms with Crippen LogP contribution in [-0.2, 0) is 0 Å². The Morgan fingerprint density at radius 3 is 1.74 bits per heavy atom. The van der Waals surface area contributed by atoms with Gasteiger partial charge in [-0.25, -0.2) is 15.0 Å². The highest BCUT2D eigenvalue weighted by Crippen LogP contribution is 2.43. The molecule has 8 aromatic carbocycles. The van der Waals surface area contributed by atoms with Gasteiger partial charge in [-0.05, 0) is 65.1 Å². The van der Waals surface area contributed by atoms with Crippen LogP contribution in [0.4, 0.5) is 0 Å². The third-order valence-electron chi connectivity index (χ3n) is 11.0. The van der Waals surface area contributed by atoms with Gasteiger partial charge in [-0.2, -0.15) is 0 Å². The second-order valence-corrected chi connectivity index (χ2v) is 15.5. The van der Waals surface area contributed by atoms with Crippen LogP contribution in [0.3, 0.4) is 0 Å². The molecule has 5 heteroatoms. The molecule has 3 aromatic heterocycles. The van der Waals surface area contributed by atoms with Crippen molar-refractivity contribution in [3.05, 3.63) is 194 Å². The monoisotopic (exact) mass is 746 g/mol. The minimum Gasteiger partial charge on any atom is -0.308 e. The predicted molar refractivity (Wildman–Crippen MR) is 239 cm³/mol. The highest BCUT2D eigenvalue weighted by Gasteiger charge is 2.22. The Morgan fingerprint density at radius 2 is 0.965 bits per heavy atom. The maximum atomic E-state index is 5.31. The minimum atomic E-state index is 0.615. The van der Waals surface area contributed by atoms with Gasteiger partial charge < -0.3 is 4.57 Å². The highest BCUT2D eigenvalue weighted by atomic mass is 32.1. The van der Waals surface area contributed by atoms with E-state index in [0.717, 1.165) is 39.0 Å². The number of benzene rings is 8. The van der Waals surface area contributed by atoms with Gasteiger partial charge in [-0.1, -0.05) is 158 Å². The minimum absolute atomic E-state index is 0.615. The summed E-state index contributed by atoms with van der Waals surface area (Å²) in [7, 11) is 0. The van der Waals surface area contributed by atoms with Crippen LogP contribution >= 0.6 is 11.3 Å². The van der Waals surface area contributed by atoms with Crippen LogP contribution in [0.1, 0.15) is 5.56 Å². The van der Waals surface area contributed by atoms with Crippen LogP contribution in [0.25, 0.3) is 104 Å². The van der Waals surface area contributed by atoms with Crippen LogP contribution < -0.4 is 0 Å². The Bertz CT molecular complexity index is 3250. The Kier molecular flexibility index (Phi) is 7.86. The lowest BCUT2D eigenvalue weighted by molar-refractivity contribution is 1.06. The maximum Gasteiger partial charge on any atom is 0.166 e. The summed E-state index contributed by atoms with van der Waals surface area (Å²) in [6, 6.07) is 66.7. The molecule has 0 aliphatic carbocycles. The van der Waals surface area contributed by atoms with E-state index in [1.807, 2.05) is 47.7 Å². The van der Waals surface area contributed by atoms with Crippen molar-refractivity contribution in [1.82, 2.24) is 19.5 Å². The molecule has 268 valence electrons. The number of aromatic nitrogens is 4. The first-order valence-corrected chi connectivity index (χ1v) is 20.0. The smallest absolute Gasteiger partial charge is 0.166 e. The molecule has 11 rings (SSSR count). The molecule has 0 bridgehead atoms. The molecule has 0 spiro atoms. The lowest BCUT2D eigenvalue weighted by Crippen LogP contribution is -2.04. The highest BCUT2D eigenvalue weighted by molar-refractivity contribution is 7.26. The third-order valence-corrected chi connectivity index (χ3v) is 12.2. The number of para-hydroxylation sites is 1. The van der Waals surface area contributed by atoms with Crippen LogP contribution in [0, 0.1) is 6.92 Å². The van der Waals surface area contributed by atoms with E-state index in [9.17, 15) is 0 Å². The summed E-state index contributed by atoms with van der Waals surface area (Å²) in [5.74, 6) is 1.88. The molecule has 0 unspecified atom stereocenters. The van der Waals surface area contributed by atoms with Gasteiger partial charge in [0.15, 0.2) is 17.5 Å². The van der Waals surface area contributed by atoms with Crippen LogP contribution in [-0.4, -0.2) is 19.5 Å². The van der Waals surface area contributed by atoms with E-state index < -0.39 is 0 Å². The third kappa shape index (κ3) is 5.63. The first kappa shape index (κ1) is 33.2. The summed E-state index contributed by atoms with van der Waals surface area (Å²) in [5, 5.41) is 4.93. The topological polar surface area (TPSA) is 43.6 Å². The van der Waals surface area contributed by atoms with Gasteiger partial charge in [0.25, 0.3) is 0 Å². The summed E-state index contributed by atoms with van der Waals surface area (Å²) in [5.41, 5.74) is 12.0. The lowest BCUT2D eigenvalue weighted by atomic mass is 9.98. The molecule has 3 heterocycles. The number of nitrogens with zero attached hydrogens (tertiary/aromatic N) is 4. The van der Waals surface area contributed by atoms with Gasteiger partial charge in [-0.15, -0.1) is 11.3 Å². The van der Waals surface area contributed by atoms with Crippen molar-refractivity contribution in [1.29, 1.82) is 0 Å². The standard InChI is InChI=1S/C52H34N4S/c1-33-15-8-9-20-38(33)37-27-29-41-40-21-10-12-25-45(40)56(47(41)32-37)46-30-28-36(39-23-14-24-43-42-22-11-13-26-48(42)57-49(39)43)31-44(46)52-54-50(34-16-4-2-5-17-34)53-51(55-52)35-18-6-3-7-19-35/h2-32H,1H3. The van der Waals surface area contributed by atoms with E-state index in [0.29, 0.717) is 17.5 Å². The van der Waals surface area contributed by atoms with E-state index in [-0.39, 0.29) is 0 Å². The van der Waals surface area contributed by atoms with Crippen molar-refractivity contribution in [2.75, 3.05) is 0 Å². The Hall–Kier alpha value is -7.21. The number of rotatable bonds is 6. The van der Waals surface area contributed by atoms with Crippen molar-refractivity contribution in [2.24, 2.45) is 0 Å². The molecule has 0 aliphatic heterocycles. The van der Waals surface area contributed by atoms with E-state index in [4.69, 9.17) is 15.0 Å². The molecule has 11 aromatic rings. The van der Waals surface area contributed by atoms with Gasteiger partial charge in [0, 0.05) is 47.6 Å². The van der Waals surface area contributed by atoms with Gasteiger partial charge >= 0.3 is 0 Å². The fourth-order valence-electron chi connectivity index (χ4n) is 8.28. The fraction of sp³-hybridized carbons (Fsp3) is 0.0192. The number of hydrogen-bond donors (Lipinski definition) is 0. The first-order valence-electron chi connectivity index (χ1n) is 19.2. The molecule has 0 fully saturated rings. The largest absolute Gasteiger partial charge is 0.308 e. The summed E-state index contributed by atoms with van der Waals surface area (Å²) in [6.45, 7) is 2.18. The fourth-order valence-corrected chi connectivity index (χ4v) is 9.51. The molecule has 0 aliphatic rings. The van der Waals surface area contributed by atoms with Crippen molar-refractivity contribution in [2.45, 2.75) is 6.92 Å². The summed E-state index contributed by atoms with van der Waals surface area (Å²) in [6.07, 6.45) is 0. The number of fused-ring (bicyclic) bond motifs is 6. The van der Waals surface area contributed by atoms with Crippen molar-refractivity contribution in [3.8, 4) is 62.1 Å². The average Bonchev–Trinajstić information content (AvgIpc) is 3.82. The number of thiophene rings is 1. The van der Waals surface area contributed by atoms with E-state index in [1.54, 1.807) is 0 Å². The van der Waals surface area contributed by atoms with Crippen molar-refractivity contribution < 1.29 is 0 Å². The number of hydrogen-bond acceptors (Lipinski definition) is 4. The second-order valence-electron chi connectivity index (χ2n) is 14.5. The summed E-state index contributed by atoms with van der Waals surface area (Å²) < 4.78 is 4.95. The maximum absolute atomic E-state index is 5.31. The molecule has 4 nitrogen and oxygen atoms in total. The van der Waals surface area contributed by atoms with Crippen molar-refractivity contribution in [3.63, 3.8) is 0 Å². The SMILES string of the molecule is Cc1ccccc1-c1ccc2c3ccccc3n(-c3ccc(-c4cccc5c4sc4ccccc45)cc3-c3nc(-c4ccccc4)nc(-c4ccccc4)n3)c2c1. The summed E-state index contributed by atoms with van der Waals surface area (Å²) >= 11 is 1.84. The van der Waals surface area contributed by atoms with Gasteiger partial charge in [0.05, 0.1) is 16.7 Å². The predicted octanol–water partition coefficient (Wildman–Crippen LogP) is 14.0. The van der Waals surface area contributed by atoms with Crippen molar-refractivity contribution >= 4 is 53.3 Å². The zero-order valence-electron chi connectivity index (χ0n) is 31.1. The van der Waals surface area contributed by atoms with Crippen LogP contribution in [0.15, 0.2) is 188 Å². The quantitative estimate of drug-likeness (QED) is 0.170. The van der Waals surface area contributed by atoms with Gasteiger partial charge in [0.2, 0.25) is 0 Å². The molecule has 0 N–H and O–H groups in total. The normalized spacial score (nSPS) is 11.6. The molecule has 57 heavy (non-hydrogen) atoms. The molecule has 0 saturated carbocycles. The first-order chi connectivity index (χ1) is 28.2. The molecule has 0 atom stereocenters. The zero-order valence-corrected chi connectivity index (χ0v) is 31.9. The number of aryl methyl sites for hydroxylation is 1. The molecular weight excluding hydrogens is 713 g/mol. The van der Waals surface area contributed by atoms with E-state index in [2.05, 4.69) is 163 Å². The molecule has 0 saturated heterocycles. The van der Waals surface area contributed by atoms with Crippen LogP contribution in [0.2, 0.25) is 0 Å². The Labute approximate surface area is 334 Å². The Morgan fingerprint density at radius 1 is 0.386 bits per heavy atom. The molecule has 0 radical (unpaired) electrons. The molecular formula is C52H34N4S. The Balaban J connectivity index is 1.23. The van der Waals surface area contributed by atoms with Gasteiger partial charge in [0.1, 0.15) is 0 Å². The lowest BCUT2D eigenvalue weighted by Gasteiger charge is -2.17. The van der Waals surface area contributed by atoms with E-state index in [1.165, 1.54) is 53.2 Å². The zero-order chi connectivity index (χ0) is 37.9. The molecule has 0 amide bonds. The second kappa shape index (κ2) is 13.5. The van der Waals surface area contributed by atoms with Gasteiger partial charge in [-0.3, -0.25) is 0 Å². The van der Waals surface area contributed by atoms with Crippen LogP contribution in [0.5, 0.6) is 0 Å².